The Hall–Kier alpha value is -2.12. The van der Waals surface area contributed by atoms with Crippen molar-refractivity contribution in [2.24, 2.45) is 0 Å². The molecule has 0 bridgehead atoms. The topological polar surface area (TPSA) is 53.6 Å². The first-order chi connectivity index (χ1) is 9.19. The molecule has 4 nitrogen and oxygen atoms in total. The first kappa shape index (κ1) is 13.3. The number of nitrogens with one attached hydrogen (secondary N) is 1. The molecule has 0 fully saturated rings. The van der Waals surface area contributed by atoms with Crippen LogP contribution in [0.2, 0.25) is 0 Å². The van der Waals surface area contributed by atoms with Crippen molar-refractivity contribution >= 4 is 0 Å². The molecule has 0 saturated heterocycles. The van der Waals surface area contributed by atoms with Gasteiger partial charge in [0.2, 0.25) is 0 Å². The summed E-state index contributed by atoms with van der Waals surface area (Å²) >= 11 is 0. The van der Waals surface area contributed by atoms with Crippen LogP contribution in [-0.4, -0.2) is 15.8 Å². The molecule has 1 atom stereocenters. The number of hydrogen-bond donors (Lipinski definition) is 1. The zero-order valence-corrected chi connectivity index (χ0v) is 11.3. The Balaban J connectivity index is 1.90. The highest BCUT2D eigenvalue weighted by molar-refractivity contribution is 5.37. The average Bonchev–Trinajstić information content (AvgIpc) is 2.82. The van der Waals surface area contributed by atoms with Gasteiger partial charge in [0.15, 0.2) is 0 Å². The SMILES string of the molecule is Cc1cnn(CC(C)NCc2ccccc2C#N)c1. The van der Waals surface area contributed by atoms with Crippen LogP contribution < -0.4 is 5.32 Å². The molecule has 2 aromatic rings. The van der Waals surface area contributed by atoms with E-state index < -0.39 is 0 Å². The van der Waals surface area contributed by atoms with Gasteiger partial charge in [0.05, 0.1) is 24.4 Å². The van der Waals surface area contributed by atoms with Gasteiger partial charge in [-0.1, -0.05) is 18.2 Å². The fourth-order valence-electron chi connectivity index (χ4n) is 1.98. The van der Waals surface area contributed by atoms with Crippen molar-refractivity contribution in [3.05, 3.63) is 53.3 Å². The van der Waals surface area contributed by atoms with Crippen LogP contribution in [0.1, 0.15) is 23.6 Å². The summed E-state index contributed by atoms with van der Waals surface area (Å²) in [6.07, 6.45) is 3.89. The minimum absolute atomic E-state index is 0.297. The first-order valence-corrected chi connectivity index (χ1v) is 6.39. The van der Waals surface area contributed by atoms with Crippen LogP contribution in [-0.2, 0) is 13.1 Å². The maximum atomic E-state index is 9.03. The second kappa shape index (κ2) is 6.17. The lowest BCUT2D eigenvalue weighted by Gasteiger charge is -2.14. The van der Waals surface area contributed by atoms with Gasteiger partial charge in [-0.2, -0.15) is 10.4 Å². The Morgan fingerprint density at radius 2 is 2.21 bits per heavy atom. The quantitative estimate of drug-likeness (QED) is 0.890. The third-order valence-electron chi connectivity index (χ3n) is 3.00. The van der Waals surface area contributed by atoms with Crippen molar-refractivity contribution < 1.29 is 0 Å². The second-order valence-electron chi connectivity index (χ2n) is 4.79. The van der Waals surface area contributed by atoms with E-state index in [4.69, 9.17) is 5.26 Å². The van der Waals surface area contributed by atoms with Crippen molar-refractivity contribution in [3.63, 3.8) is 0 Å². The summed E-state index contributed by atoms with van der Waals surface area (Å²) < 4.78 is 1.93. The molecular formula is C15H18N4. The monoisotopic (exact) mass is 254 g/mol. The fourth-order valence-corrected chi connectivity index (χ4v) is 1.98. The number of nitriles is 1. The normalized spacial score (nSPS) is 12.1. The zero-order valence-electron chi connectivity index (χ0n) is 11.3. The van der Waals surface area contributed by atoms with Crippen LogP contribution in [0.15, 0.2) is 36.7 Å². The van der Waals surface area contributed by atoms with Crippen LogP contribution in [0.5, 0.6) is 0 Å². The summed E-state index contributed by atoms with van der Waals surface area (Å²) in [5.41, 5.74) is 2.94. The van der Waals surface area contributed by atoms with Crippen LogP contribution in [0.4, 0.5) is 0 Å². The molecule has 0 amide bonds. The maximum absolute atomic E-state index is 9.03. The van der Waals surface area contributed by atoms with Crippen LogP contribution >= 0.6 is 0 Å². The second-order valence-corrected chi connectivity index (χ2v) is 4.79. The van der Waals surface area contributed by atoms with Crippen molar-refractivity contribution in [3.8, 4) is 6.07 Å². The molecule has 0 spiro atoms. The predicted octanol–water partition coefficient (Wildman–Crippen LogP) is 2.24. The number of benzene rings is 1. The molecule has 0 saturated carbocycles. The van der Waals surface area contributed by atoms with Gasteiger partial charge in [0.1, 0.15) is 0 Å². The lowest BCUT2D eigenvalue weighted by Crippen LogP contribution is -2.30. The first-order valence-electron chi connectivity index (χ1n) is 6.39. The summed E-state index contributed by atoms with van der Waals surface area (Å²) in [6, 6.07) is 10.2. The Labute approximate surface area is 113 Å². The zero-order chi connectivity index (χ0) is 13.7. The van der Waals surface area contributed by atoms with E-state index >= 15 is 0 Å². The lowest BCUT2D eigenvalue weighted by atomic mass is 10.1. The number of aromatic nitrogens is 2. The van der Waals surface area contributed by atoms with E-state index in [0.717, 1.165) is 17.7 Å². The van der Waals surface area contributed by atoms with Crippen molar-refractivity contribution in [1.82, 2.24) is 15.1 Å². The lowest BCUT2D eigenvalue weighted by molar-refractivity contribution is 0.450. The molecule has 0 aliphatic carbocycles. The van der Waals surface area contributed by atoms with Gasteiger partial charge in [-0.3, -0.25) is 4.68 Å². The van der Waals surface area contributed by atoms with Gasteiger partial charge in [-0.05, 0) is 31.0 Å². The third-order valence-corrected chi connectivity index (χ3v) is 3.00. The van der Waals surface area contributed by atoms with Gasteiger partial charge in [0, 0.05) is 18.8 Å². The standard InChI is InChI=1S/C15H18N4/c1-12-8-18-19(10-12)11-13(2)17-9-15-6-4-3-5-14(15)7-16/h3-6,8,10,13,17H,9,11H2,1-2H3. The number of rotatable bonds is 5. The van der Waals surface area contributed by atoms with Crippen LogP contribution in [0.25, 0.3) is 0 Å². The minimum Gasteiger partial charge on any atom is -0.308 e. The maximum Gasteiger partial charge on any atom is 0.0995 e. The summed E-state index contributed by atoms with van der Waals surface area (Å²) in [6.45, 7) is 5.67. The van der Waals surface area contributed by atoms with E-state index in [1.807, 2.05) is 48.3 Å². The van der Waals surface area contributed by atoms with Gasteiger partial charge in [-0.25, -0.2) is 0 Å². The van der Waals surface area contributed by atoms with E-state index in [2.05, 4.69) is 23.4 Å². The molecule has 1 aromatic carbocycles. The molecule has 1 unspecified atom stereocenters. The number of aryl methyl sites for hydroxylation is 1. The molecular weight excluding hydrogens is 236 g/mol. The highest BCUT2D eigenvalue weighted by Gasteiger charge is 2.05. The predicted molar refractivity (Wildman–Crippen MR) is 74.4 cm³/mol. The summed E-state index contributed by atoms with van der Waals surface area (Å²) in [5, 5.41) is 16.7. The van der Waals surface area contributed by atoms with E-state index in [0.29, 0.717) is 12.6 Å². The fraction of sp³-hybridized carbons (Fsp3) is 0.333. The van der Waals surface area contributed by atoms with Crippen molar-refractivity contribution in [1.29, 1.82) is 5.26 Å². The molecule has 1 aromatic heterocycles. The van der Waals surface area contributed by atoms with E-state index in [1.54, 1.807) is 0 Å². The van der Waals surface area contributed by atoms with E-state index in [-0.39, 0.29) is 0 Å². The van der Waals surface area contributed by atoms with Crippen molar-refractivity contribution in [2.75, 3.05) is 0 Å². The summed E-state index contributed by atoms with van der Waals surface area (Å²) in [7, 11) is 0. The Morgan fingerprint density at radius 1 is 1.42 bits per heavy atom. The molecule has 0 radical (unpaired) electrons. The average molecular weight is 254 g/mol. The molecule has 98 valence electrons. The Morgan fingerprint density at radius 3 is 2.89 bits per heavy atom. The molecule has 19 heavy (non-hydrogen) atoms. The van der Waals surface area contributed by atoms with Gasteiger partial charge in [0.25, 0.3) is 0 Å². The van der Waals surface area contributed by atoms with Crippen LogP contribution in [0, 0.1) is 18.3 Å². The summed E-state index contributed by atoms with van der Waals surface area (Å²) in [5.74, 6) is 0. The number of nitrogens with zero attached hydrogens (tertiary/aromatic N) is 3. The largest absolute Gasteiger partial charge is 0.308 e. The van der Waals surface area contributed by atoms with Crippen LogP contribution in [0.3, 0.4) is 0 Å². The van der Waals surface area contributed by atoms with Gasteiger partial charge < -0.3 is 5.32 Å². The van der Waals surface area contributed by atoms with E-state index in [1.165, 1.54) is 5.56 Å². The number of hydrogen-bond acceptors (Lipinski definition) is 3. The van der Waals surface area contributed by atoms with E-state index in [9.17, 15) is 0 Å². The molecule has 0 aliphatic heterocycles. The molecule has 0 aliphatic rings. The Bertz CT molecular complexity index is 580. The van der Waals surface area contributed by atoms with Gasteiger partial charge in [-0.15, -0.1) is 0 Å². The van der Waals surface area contributed by atoms with Crippen molar-refractivity contribution in [2.45, 2.75) is 33.0 Å². The third kappa shape index (κ3) is 3.67. The highest BCUT2D eigenvalue weighted by Crippen LogP contribution is 2.07. The Kier molecular flexibility index (Phi) is 4.32. The molecule has 1 N–H and O–H groups in total. The molecule has 1 heterocycles. The molecule has 2 rings (SSSR count). The smallest absolute Gasteiger partial charge is 0.0995 e. The summed E-state index contributed by atoms with van der Waals surface area (Å²) in [4.78, 5) is 0. The minimum atomic E-state index is 0.297. The molecule has 4 heteroatoms. The highest BCUT2D eigenvalue weighted by atomic mass is 15.3. The van der Waals surface area contributed by atoms with Gasteiger partial charge >= 0.3 is 0 Å².